The maximum atomic E-state index is 9.99. The van der Waals surface area contributed by atoms with Crippen molar-refractivity contribution in [1.82, 2.24) is 20.6 Å². The van der Waals surface area contributed by atoms with Crippen molar-refractivity contribution in [3.05, 3.63) is 6.20 Å². The normalized spacial score (nSPS) is 8.57. The molecule has 0 unspecified atom stereocenters. The van der Waals surface area contributed by atoms with E-state index in [4.69, 9.17) is 0 Å². The van der Waals surface area contributed by atoms with Crippen molar-refractivity contribution >= 4 is 0 Å². The highest BCUT2D eigenvalue weighted by Crippen LogP contribution is 1.91. The summed E-state index contributed by atoms with van der Waals surface area (Å²) in [5.41, 5.74) is 0. The number of hydrogen-bond acceptors (Lipinski definition) is 4. The van der Waals surface area contributed by atoms with Crippen molar-refractivity contribution in [2.24, 2.45) is 0 Å². The number of hydrogen-bond donors (Lipinski definition) is 0. The summed E-state index contributed by atoms with van der Waals surface area (Å²) in [6, 6.07) is 0. The molecule has 0 saturated carbocycles. The van der Waals surface area contributed by atoms with Gasteiger partial charge in [-0.1, -0.05) is 5.10 Å². The maximum Gasteiger partial charge on any atom is 0.310 e. The van der Waals surface area contributed by atoms with Crippen LogP contribution in [0.2, 0.25) is 0 Å². The van der Waals surface area contributed by atoms with Gasteiger partial charge in [0, 0.05) is 0 Å². The predicted molar refractivity (Wildman–Crippen MR) is 17.8 cm³/mol. The van der Waals surface area contributed by atoms with E-state index in [2.05, 4.69) is 20.6 Å². The fourth-order valence-electron chi connectivity index (χ4n) is 0.188. The first-order valence-corrected chi connectivity index (χ1v) is 1.57. The van der Waals surface area contributed by atoms with E-state index in [1.165, 1.54) is 0 Å². The van der Waals surface area contributed by atoms with Gasteiger partial charge in [-0.05, 0) is 10.4 Å². The van der Waals surface area contributed by atoms with Crippen LogP contribution in [0.1, 0.15) is 0 Å². The van der Waals surface area contributed by atoms with E-state index in [9.17, 15) is 5.11 Å². The van der Waals surface area contributed by atoms with Crippen LogP contribution < -0.4 is 0 Å². The van der Waals surface area contributed by atoms with Crippen molar-refractivity contribution in [1.29, 1.82) is 0 Å². The van der Waals surface area contributed by atoms with Gasteiger partial charge in [0.05, 0.1) is 0 Å². The van der Waals surface area contributed by atoms with E-state index in [-0.39, 0.29) is 0 Å². The van der Waals surface area contributed by atoms with Crippen LogP contribution in [-0.4, -0.2) is 20.6 Å². The van der Waals surface area contributed by atoms with Crippen LogP contribution in [0.3, 0.4) is 0 Å². The Bertz CT molecular complexity index is 140. The molecule has 0 saturated heterocycles. The molecule has 0 atom stereocenters. The molecule has 0 spiro atoms. The quantitative estimate of drug-likeness (QED) is 0.433. The molecule has 1 radical (unpaired) electrons. The van der Waals surface area contributed by atoms with Gasteiger partial charge in [0.1, 0.15) is 6.20 Å². The van der Waals surface area contributed by atoms with E-state index < -0.39 is 5.88 Å². The molecular weight excluding hydrogens is 96.0 g/mol. The number of aromatic nitrogens is 4. The lowest BCUT2D eigenvalue weighted by molar-refractivity contribution is 0.324. The Morgan fingerprint density at radius 3 is 2.57 bits per heavy atom. The molecular formula is C2HN4O. The van der Waals surface area contributed by atoms with Gasteiger partial charge < -0.3 is 0 Å². The molecule has 5 heteroatoms. The fraction of sp³-hybridized carbons (Fsp3) is 0. The van der Waals surface area contributed by atoms with Crippen molar-refractivity contribution in [3.63, 3.8) is 0 Å². The molecule has 0 aromatic carbocycles. The first-order chi connectivity index (χ1) is 3.39. The first-order valence-electron chi connectivity index (χ1n) is 1.57. The minimum Gasteiger partial charge on any atom is -0.264 e. The highest BCUT2D eigenvalue weighted by molar-refractivity contribution is 4.90. The van der Waals surface area contributed by atoms with Crippen LogP contribution in [0.15, 0.2) is 6.20 Å². The Labute approximate surface area is 39.0 Å². The molecule has 7 heavy (non-hydrogen) atoms. The van der Waals surface area contributed by atoms with Gasteiger partial charge in [0.2, 0.25) is 0 Å². The predicted octanol–water partition coefficient (Wildman–Crippen LogP) is -0.590. The third-order valence-electron chi connectivity index (χ3n) is 0.403. The smallest absolute Gasteiger partial charge is 0.264 e. The molecule has 1 aromatic rings. The second-order valence-electron chi connectivity index (χ2n) is 0.862. The van der Waals surface area contributed by atoms with Crippen LogP contribution in [0.5, 0.6) is 5.88 Å². The van der Waals surface area contributed by atoms with Crippen LogP contribution >= 0.6 is 0 Å². The Morgan fingerprint density at radius 1 is 1.43 bits per heavy atom. The molecule has 0 aliphatic carbocycles. The van der Waals surface area contributed by atoms with E-state index in [1.54, 1.807) is 0 Å². The summed E-state index contributed by atoms with van der Waals surface area (Å²) >= 11 is 0. The van der Waals surface area contributed by atoms with Crippen molar-refractivity contribution < 1.29 is 5.11 Å². The van der Waals surface area contributed by atoms with Crippen molar-refractivity contribution in [3.8, 4) is 5.88 Å². The van der Waals surface area contributed by atoms with Crippen molar-refractivity contribution in [2.75, 3.05) is 0 Å². The van der Waals surface area contributed by atoms with E-state index in [0.717, 1.165) is 6.20 Å². The van der Waals surface area contributed by atoms with E-state index in [0.29, 0.717) is 0 Å². The molecule has 0 aliphatic rings. The van der Waals surface area contributed by atoms with Crippen molar-refractivity contribution in [2.45, 2.75) is 0 Å². The molecule has 1 heterocycles. The van der Waals surface area contributed by atoms with Gasteiger partial charge >= 0.3 is 5.88 Å². The van der Waals surface area contributed by atoms with Gasteiger partial charge in [-0.2, -0.15) is 0 Å². The van der Waals surface area contributed by atoms with Crippen LogP contribution in [0.4, 0.5) is 0 Å². The number of rotatable bonds is 0. The molecule has 1 rings (SSSR count). The Hall–Kier alpha value is -1.26. The van der Waals surface area contributed by atoms with Crippen LogP contribution in [0, 0.1) is 0 Å². The Morgan fingerprint density at radius 2 is 2.29 bits per heavy atom. The average molecular weight is 97.1 g/mol. The number of nitrogens with zero attached hydrogens (tertiary/aromatic N) is 4. The average Bonchev–Trinajstić information content (AvgIpc) is 1.69. The van der Waals surface area contributed by atoms with Gasteiger partial charge in [-0.3, -0.25) is 5.11 Å². The third-order valence-corrected chi connectivity index (χ3v) is 0.403. The highest BCUT2D eigenvalue weighted by atomic mass is 16.3. The van der Waals surface area contributed by atoms with Gasteiger partial charge in [-0.25, -0.2) is 0 Å². The van der Waals surface area contributed by atoms with Crippen LogP contribution in [-0.2, 0) is 5.11 Å². The summed E-state index contributed by atoms with van der Waals surface area (Å²) < 4.78 is 0. The monoisotopic (exact) mass is 97.0 g/mol. The molecule has 0 aliphatic heterocycles. The molecule has 0 bridgehead atoms. The summed E-state index contributed by atoms with van der Waals surface area (Å²) in [5, 5.41) is 22.1. The Balaban J connectivity index is 3.02. The fourth-order valence-corrected chi connectivity index (χ4v) is 0.188. The summed E-state index contributed by atoms with van der Waals surface area (Å²) in [6.07, 6.45) is 0.993. The molecule has 35 valence electrons. The zero-order valence-electron chi connectivity index (χ0n) is 3.27. The summed E-state index contributed by atoms with van der Waals surface area (Å²) in [6.45, 7) is 0. The molecule has 5 nitrogen and oxygen atoms in total. The molecule has 1 aromatic heterocycles. The second-order valence-corrected chi connectivity index (χ2v) is 0.862. The summed E-state index contributed by atoms with van der Waals surface area (Å²) in [7, 11) is 0. The second kappa shape index (κ2) is 1.46. The highest BCUT2D eigenvalue weighted by Gasteiger charge is 1.84. The van der Waals surface area contributed by atoms with Crippen LogP contribution in [0.25, 0.3) is 0 Å². The third kappa shape index (κ3) is 0.783. The maximum absolute atomic E-state index is 9.99. The van der Waals surface area contributed by atoms with Gasteiger partial charge in [0.25, 0.3) is 0 Å². The minimum absolute atomic E-state index is 0.463. The summed E-state index contributed by atoms with van der Waals surface area (Å²) in [4.78, 5) is 0. The topological polar surface area (TPSA) is 71.5 Å². The summed E-state index contributed by atoms with van der Waals surface area (Å²) in [5.74, 6) is -0.463. The Kier molecular flexibility index (Phi) is 0.816. The standard InChI is InChI=1S/C2HN4O/c7-2-1-3-5-6-4-2/h1H. The van der Waals surface area contributed by atoms with Gasteiger partial charge in [0.15, 0.2) is 0 Å². The lowest BCUT2D eigenvalue weighted by Crippen LogP contribution is -1.86. The molecule has 0 fully saturated rings. The van der Waals surface area contributed by atoms with Gasteiger partial charge in [-0.15, -0.1) is 5.10 Å². The molecule has 0 amide bonds. The minimum atomic E-state index is -0.463. The first kappa shape index (κ1) is 3.91. The van der Waals surface area contributed by atoms with E-state index in [1.807, 2.05) is 0 Å². The molecule has 0 N–H and O–H groups in total. The lowest BCUT2D eigenvalue weighted by Gasteiger charge is -1.73. The lowest BCUT2D eigenvalue weighted by atomic mass is 10.9. The SMILES string of the molecule is [O]c1cnnnn1. The van der Waals surface area contributed by atoms with E-state index >= 15 is 0 Å². The zero-order chi connectivity index (χ0) is 5.11. The largest absolute Gasteiger partial charge is 0.310 e. The zero-order valence-corrected chi connectivity index (χ0v) is 3.27.